The van der Waals surface area contributed by atoms with E-state index in [-0.39, 0.29) is 0 Å². The minimum absolute atomic E-state index is 0.759. The molecular formula is C18H20N2O. The molecule has 0 amide bonds. The van der Waals surface area contributed by atoms with Gasteiger partial charge in [-0.3, -0.25) is 0 Å². The van der Waals surface area contributed by atoms with Gasteiger partial charge in [-0.25, -0.2) is 0 Å². The third kappa shape index (κ3) is 3.02. The lowest BCUT2D eigenvalue weighted by atomic mass is 10.2. The van der Waals surface area contributed by atoms with Crippen molar-refractivity contribution in [3.05, 3.63) is 60.3 Å². The fraction of sp³-hybridized carbons (Fsp3) is 0.222. The van der Waals surface area contributed by atoms with Crippen molar-refractivity contribution in [3.63, 3.8) is 0 Å². The van der Waals surface area contributed by atoms with Gasteiger partial charge in [-0.1, -0.05) is 19.1 Å². The summed E-state index contributed by atoms with van der Waals surface area (Å²) in [5.41, 5.74) is 9.06. The molecule has 0 bridgehead atoms. The first-order valence-corrected chi connectivity index (χ1v) is 7.32. The molecule has 2 aromatic carbocycles. The molecule has 0 aliphatic heterocycles. The summed E-state index contributed by atoms with van der Waals surface area (Å²) in [5.74, 6) is 0.936. The normalized spacial score (nSPS) is 10.9. The van der Waals surface area contributed by atoms with E-state index in [1.807, 2.05) is 24.3 Å². The number of hydrogen-bond acceptors (Lipinski definition) is 2. The Bertz CT molecular complexity index is 746. The molecule has 0 saturated carbocycles. The highest BCUT2D eigenvalue weighted by molar-refractivity contribution is 5.81. The third-order valence-corrected chi connectivity index (χ3v) is 3.52. The smallest absolute Gasteiger partial charge is 0.120 e. The summed E-state index contributed by atoms with van der Waals surface area (Å²) in [6.07, 6.45) is 3.13. The van der Waals surface area contributed by atoms with Gasteiger partial charge in [0, 0.05) is 29.3 Å². The lowest BCUT2D eigenvalue weighted by Gasteiger charge is -2.08. The Morgan fingerprint density at radius 3 is 2.81 bits per heavy atom. The molecule has 0 aliphatic carbocycles. The first-order chi connectivity index (χ1) is 10.3. The van der Waals surface area contributed by atoms with Gasteiger partial charge in [0.15, 0.2) is 0 Å². The summed E-state index contributed by atoms with van der Waals surface area (Å²) in [5, 5.41) is 1.20. The van der Waals surface area contributed by atoms with Crippen LogP contribution in [0.25, 0.3) is 10.9 Å². The number of aromatic nitrogens is 1. The van der Waals surface area contributed by atoms with Gasteiger partial charge >= 0.3 is 0 Å². The predicted octanol–water partition coefficient (Wildman–Crippen LogP) is 4.06. The van der Waals surface area contributed by atoms with E-state index in [0.29, 0.717) is 0 Å². The molecular weight excluding hydrogens is 260 g/mol. The first kappa shape index (κ1) is 13.6. The van der Waals surface area contributed by atoms with Gasteiger partial charge in [-0.2, -0.15) is 0 Å². The average Bonchev–Trinajstić information content (AvgIpc) is 2.87. The zero-order valence-electron chi connectivity index (χ0n) is 12.3. The van der Waals surface area contributed by atoms with Crippen LogP contribution in [0.3, 0.4) is 0 Å². The average molecular weight is 280 g/mol. The highest BCUT2D eigenvalue weighted by atomic mass is 16.5. The minimum atomic E-state index is 0.759. The van der Waals surface area contributed by atoms with Crippen LogP contribution in [0.1, 0.15) is 18.9 Å². The van der Waals surface area contributed by atoms with Crippen molar-refractivity contribution in [1.82, 2.24) is 4.57 Å². The van der Waals surface area contributed by atoms with Crippen molar-refractivity contribution in [2.45, 2.75) is 19.9 Å². The van der Waals surface area contributed by atoms with Crippen LogP contribution in [0.15, 0.2) is 54.7 Å². The van der Waals surface area contributed by atoms with E-state index in [0.717, 1.165) is 31.0 Å². The van der Waals surface area contributed by atoms with E-state index < -0.39 is 0 Å². The Hall–Kier alpha value is -2.42. The fourth-order valence-corrected chi connectivity index (χ4v) is 2.51. The Labute approximate surface area is 125 Å². The van der Waals surface area contributed by atoms with Gasteiger partial charge in [0.2, 0.25) is 0 Å². The number of hydrogen-bond donors (Lipinski definition) is 1. The second-order valence-electron chi connectivity index (χ2n) is 5.26. The van der Waals surface area contributed by atoms with Gasteiger partial charge in [0.05, 0.1) is 6.61 Å². The van der Waals surface area contributed by atoms with Crippen molar-refractivity contribution in [2.75, 3.05) is 12.3 Å². The molecule has 1 aromatic heterocycles. The quantitative estimate of drug-likeness (QED) is 0.716. The van der Waals surface area contributed by atoms with Crippen LogP contribution in [0.5, 0.6) is 5.75 Å². The van der Waals surface area contributed by atoms with Crippen LogP contribution in [-0.4, -0.2) is 11.2 Å². The van der Waals surface area contributed by atoms with Crippen molar-refractivity contribution in [3.8, 4) is 5.75 Å². The molecule has 0 spiro atoms. The number of nitrogens with zero attached hydrogens (tertiary/aromatic N) is 1. The van der Waals surface area contributed by atoms with Gasteiger partial charge in [0.25, 0.3) is 0 Å². The number of fused-ring (bicyclic) bond motifs is 1. The van der Waals surface area contributed by atoms with Gasteiger partial charge in [-0.05, 0) is 48.4 Å². The van der Waals surface area contributed by atoms with Crippen LogP contribution in [0.2, 0.25) is 0 Å². The molecule has 3 heteroatoms. The molecule has 21 heavy (non-hydrogen) atoms. The Kier molecular flexibility index (Phi) is 3.82. The molecule has 0 unspecified atom stereocenters. The van der Waals surface area contributed by atoms with Crippen molar-refractivity contribution in [1.29, 1.82) is 0 Å². The third-order valence-electron chi connectivity index (χ3n) is 3.52. The lowest BCUT2D eigenvalue weighted by molar-refractivity contribution is 0.318. The Morgan fingerprint density at radius 2 is 2.00 bits per heavy atom. The summed E-state index contributed by atoms with van der Waals surface area (Å²) in [6.45, 7) is 3.69. The zero-order chi connectivity index (χ0) is 14.7. The number of rotatable bonds is 5. The highest BCUT2D eigenvalue weighted by Crippen LogP contribution is 2.23. The van der Waals surface area contributed by atoms with Crippen molar-refractivity contribution in [2.24, 2.45) is 0 Å². The predicted molar refractivity (Wildman–Crippen MR) is 87.7 cm³/mol. The maximum atomic E-state index is 5.84. The van der Waals surface area contributed by atoms with E-state index in [1.54, 1.807) is 0 Å². The largest absolute Gasteiger partial charge is 0.494 e. The van der Waals surface area contributed by atoms with Gasteiger partial charge in [0.1, 0.15) is 5.75 Å². The molecule has 108 valence electrons. The van der Waals surface area contributed by atoms with E-state index >= 15 is 0 Å². The number of benzene rings is 2. The van der Waals surface area contributed by atoms with Gasteiger partial charge < -0.3 is 15.0 Å². The molecule has 3 aromatic rings. The summed E-state index contributed by atoms with van der Waals surface area (Å²) in [6, 6.07) is 16.4. The second-order valence-corrected chi connectivity index (χ2v) is 5.26. The number of anilines is 1. The summed E-state index contributed by atoms with van der Waals surface area (Å²) < 4.78 is 7.91. The molecule has 0 fully saturated rings. The van der Waals surface area contributed by atoms with Gasteiger partial charge in [-0.15, -0.1) is 0 Å². The van der Waals surface area contributed by atoms with Crippen LogP contribution >= 0.6 is 0 Å². The topological polar surface area (TPSA) is 40.2 Å². The van der Waals surface area contributed by atoms with E-state index in [4.69, 9.17) is 10.5 Å². The van der Waals surface area contributed by atoms with Crippen molar-refractivity contribution >= 4 is 16.6 Å². The molecule has 3 rings (SSSR count). The standard InChI is InChI=1S/C18H20N2O/c1-2-10-21-17-6-7-18-15(12-17)8-9-20(18)13-14-4-3-5-16(19)11-14/h3-9,11-12H,2,10,13,19H2,1H3. The summed E-state index contributed by atoms with van der Waals surface area (Å²) in [4.78, 5) is 0. The van der Waals surface area contributed by atoms with Crippen LogP contribution in [0, 0.1) is 0 Å². The lowest BCUT2D eigenvalue weighted by Crippen LogP contribution is -1.99. The summed E-state index contributed by atoms with van der Waals surface area (Å²) in [7, 11) is 0. The maximum absolute atomic E-state index is 5.84. The van der Waals surface area contributed by atoms with E-state index in [9.17, 15) is 0 Å². The highest BCUT2D eigenvalue weighted by Gasteiger charge is 2.04. The number of nitrogen functional groups attached to an aromatic ring is 1. The molecule has 0 saturated heterocycles. The Morgan fingerprint density at radius 1 is 1.10 bits per heavy atom. The number of ether oxygens (including phenoxy) is 1. The SMILES string of the molecule is CCCOc1ccc2c(ccn2Cc2cccc(N)c2)c1. The first-order valence-electron chi connectivity index (χ1n) is 7.32. The van der Waals surface area contributed by atoms with Crippen LogP contribution in [-0.2, 0) is 6.54 Å². The molecule has 1 heterocycles. The fourth-order valence-electron chi connectivity index (χ4n) is 2.51. The van der Waals surface area contributed by atoms with Crippen molar-refractivity contribution < 1.29 is 4.74 Å². The number of nitrogens with two attached hydrogens (primary N) is 1. The Balaban J connectivity index is 1.86. The summed E-state index contributed by atoms with van der Waals surface area (Å²) >= 11 is 0. The molecule has 3 nitrogen and oxygen atoms in total. The van der Waals surface area contributed by atoms with E-state index in [1.165, 1.54) is 16.5 Å². The molecule has 0 atom stereocenters. The second kappa shape index (κ2) is 5.92. The van der Waals surface area contributed by atoms with Crippen LogP contribution in [0.4, 0.5) is 5.69 Å². The maximum Gasteiger partial charge on any atom is 0.120 e. The molecule has 0 aliphatic rings. The molecule has 0 radical (unpaired) electrons. The van der Waals surface area contributed by atoms with Crippen LogP contribution < -0.4 is 10.5 Å². The molecule has 2 N–H and O–H groups in total. The zero-order valence-corrected chi connectivity index (χ0v) is 12.3. The monoisotopic (exact) mass is 280 g/mol. The minimum Gasteiger partial charge on any atom is -0.494 e. The van der Waals surface area contributed by atoms with E-state index in [2.05, 4.69) is 42.0 Å².